The van der Waals surface area contributed by atoms with Gasteiger partial charge in [0.2, 0.25) is 0 Å². The minimum Gasteiger partial charge on any atom is -0.313 e. The summed E-state index contributed by atoms with van der Waals surface area (Å²) >= 11 is 6.26. The molecule has 1 fully saturated rings. The zero-order chi connectivity index (χ0) is 15.2. The summed E-state index contributed by atoms with van der Waals surface area (Å²) in [5, 5.41) is 8.52. The number of H-pyrrole nitrogens is 2. The van der Waals surface area contributed by atoms with Crippen LogP contribution in [0.3, 0.4) is 0 Å². The molecule has 110 valence electrons. The van der Waals surface area contributed by atoms with Gasteiger partial charge in [0, 0.05) is 18.0 Å². The normalized spacial score (nSPS) is 31.3. The number of nitrogens with one attached hydrogen (secondary N) is 2. The molecule has 1 aliphatic carbocycles. The maximum Gasteiger partial charge on any atom is 0.325 e. The standard InChI is InChI=1S/C14H15ClN4O2/c1-3-7-4-9(7)14(2)5-10(18-19-12(14)15)8-6-16-13(21)17-11(8)20/h3,6-7,9H,1,4-5H2,2H3,(H2,16,17,20,21)/t7-,9-,14?/m0/s1. The van der Waals surface area contributed by atoms with Crippen LogP contribution in [0.4, 0.5) is 0 Å². The Kier molecular flexibility index (Phi) is 3.20. The van der Waals surface area contributed by atoms with Crippen LogP contribution in [0.15, 0.2) is 38.6 Å². The van der Waals surface area contributed by atoms with Gasteiger partial charge in [0.1, 0.15) is 5.17 Å². The Balaban J connectivity index is 1.97. The molecule has 0 bridgehead atoms. The lowest BCUT2D eigenvalue weighted by atomic mass is 9.78. The molecule has 0 saturated heterocycles. The van der Waals surface area contributed by atoms with Gasteiger partial charge in [0.25, 0.3) is 5.56 Å². The summed E-state index contributed by atoms with van der Waals surface area (Å²) in [5.41, 5.74) is -0.499. The summed E-state index contributed by atoms with van der Waals surface area (Å²) in [6.45, 7) is 5.85. The van der Waals surface area contributed by atoms with Crippen molar-refractivity contribution in [1.29, 1.82) is 0 Å². The predicted octanol–water partition coefficient (Wildman–Crippen LogP) is 1.64. The molecule has 2 heterocycles. The quantitative estimate of drug-likeness (QED) is 0.831. The fraction of sp³-hybridized carbons (Fsp3) is 0.429. The van der Waals surface area contributed by atoms with Crippen molar-refractivity contribution in [3.05, 3.63) is 45.3 Å². The fourth-order valence-corrected chi connectivity index (χ4v) is 3.18. The lowest BCUT2D eigenvalue weighted by molar-refractivity contribution is 0.405. The molecule has 1 saturated carbocycles. The van der Waals surface area contributed by atoms with Gasteiger partial charge in [-0.25, -0.2) is 4.79 Å². The summed E-state index contributed by atoms with van der Waals surface area (Å²) in [6.07, 6.45) is 4.83. The summed E-state index contributed by atoms with van der Waals surface area (Å²) in [5.74, 6) is 0.783. The molecule has 0 amide bonds. The average Bonchev–Trinajstić information content (AvgIpc) is 3.22. The van der Waals surface area contributed by atoms with Gasteiger partial charge in [0.15, 0.2) is 0 Å². The maximum atomic E-state index is 11.9. The number of allylic oxidation sites excluding steroid dienone is 1. The van der Waals surface area contributed by atoms with Gasteiger partial charge in [-0.3, -0.25) is 9.78 Å². The lowest BCUT2D eigenvalue weighted by Crippen LogP contribution is -2.36. The monoisotopic (exact) mass is 306 g/mol. The SMILES string of the molecule is C=C[C@H]1C[C@@H]1C1(C)CC(c2c[nH]c(=O)[nH]c2=O)=NN=C1Cl. The number of aromatic nitrogens is 2. The van der Waals surface area contributed by atoms with E-state index in [1.54, 1.807) is 0 Å². The highest BCUT2D eigenvalue weighted by Crippen LogP contribution is 2.55. The summed E-state index contributed by atoms with van der Waals surface area (Å²) < 4.78 is 0. The van der Waals surface area contributed by atoms with E-state index in [-0.39, 0.29) is 5.41 Å². The molecule has 2 aliphatic rings. The first-order chi connectivity index (χ1) is 9.95. The number of halogens is 1. The van der Waals surface area contributed by atoms with Gasteiger partial charge < -0.3 is 4.98 Å². The minimum absolute atomic E-state index is 0.324. The third-order valence-electron chi connectivity index (χ3n) is 4.36. The van der Waals surface area contributed by atoms with Crippen LogP contribution in [0.1, 0.15) is 25.3 Å². The molecule has 6 nitrogen and oxygen atoms in total. The van der Waals surface area contributed by atoms with Gasteiger partial charge in [-0.05, 0) is 18.3 Å². The zero-order valence-electron chi connectivity index (χ0n) is 11.5. The van der Waals surface area contributed by atoms with E-state index >= 15 is 0 Å². The van der Waals surface area contributed by atoms with Crippen molar-refractivity contribution in [2.45, 2.75) is 19.8 Å². The Bertz CT molecular complexity index is 776. The first-order valence-electron chi connectivity index (χ1n) is 6.71. The van der Waals surface area contributed by atoms with E-state index in [0.29, 0.717) is 34.7 Å². The van der Waals surface area contributed by atoms with Crippen molar-refractivity contribution in [3.8, 4) is 0 Å². The molecular formula is C14H15ClN4O2. The number of hydrogen-bond donors (Lipinski definition) is 2. The predicted molar refractivity (Wildman–Crippen MR) is 82.0 cm³/mol. The van der Waals surface area contributed by atoms with Crippen molar-refractivity contribution in [1.82, 2.24) is 9.97 Å². The molecule has 0 spiro atoms. The van der Waals surface area contributed by atoms with Gasteiger partial charge in [-0.15, -0.1) is 11.7 Å². The van der Waals surface area contributed by atoms with Gasteiger partial charge in [0.05, 0.1) is 11.3 Å². The number of aromatic amines is 2. The second kappa shape index (κ2) is 4.80. The Morgan fingerprint density at radius 2 is 2.24 bits per heavy atom. The number of rotatable bonds is 3. The highest BCUT2D eigenvalue weighted by atomic mass is 35.5. The zero-order valence-corrected chi connectivity index (χ0v) is 12.3. The Morgan fingerprint density at radius 3 is 2.86 bits per heavy atom. The summed E-state index contributed by atoms with van der Waals surface area (Å²) in [4.78, 5) is 27.6. The van der Waals surface area contributed by atoms with Gasteiger partial charge in [-0.1, -0.05) is 24.6 Å². The molecule has 1 aromatic heterocycles. The molecule has 3 rings (SSSR count). The second-order valence-corrected chi connectivity index (χ2v) is 6.12. The van der Waals surface area contributed by atoms with E-state index in [1.165, 1.54) is 6.20 Å². The summed E-state index contributed by atoms with van der Waals surface area (Å²) in [7, 11) is 0. The first-order valence-corrected chi connectivity index (χ1v) is 7.09. The van der Waals surface area contributed by atoms with E-state index < -0.39 is 11.2 Å². The third-order valence-corrected chi connectivity index (χ3v) is 4.86. The molecule has 0 radical (unpaired) electrons. The van der Waals surface area contributed by atoms with Crippen molar-refractivity contribution in [3.63, 3.8) is 0 Å². The van der Waals surface area contributed by atoms with E-state index in [2.05, 4.69) is 26.7 Å². The molecular weight excluding hydrogens is 292 g/mol. The van der Waals surface area contributed by atoms with E-state index in [1.807, 2.05) is 13.0 Å². The average molecular weight is 307 g/mol. The highest BCUT2D eigenvalue weighted by Gasteiger charge is 2.52. The van der Waals surface area contributed by atoms with Crippen LogP contribution in [-0.4, -0.2) is 20.9 Å². The van der Waals surface area contributed by atoms with Crippen molar-refractivity contribution >= 4 is 22.5 Å². The Hall–Kier alpha value is -1.95. The van der Waals surface area contributed by atoms with E-state index in [4.69, 9.17) is 11.6 Å². The highest BCUT2D eigenvalue weighted by molar-refractivity contribution is 6.67. The Morgan fingerprint density at radius 1 is 1.48 bits per heavy atom. The van der Waals surface area contributed by atoms with E-state index in [0.717, 1.165) is 6.42 Å². The van der Waals surface area contributed by atoms with E-state index in [9.17, 15) is 9.59 Å². The Labute approximate surface area is 125 Å². The smallest absolute Gasteiger partial charge is 0.313 e. The van der Waals surface area contributed by atoms with Gasteiger partial charge in [-0.2, -0.15) is 5.10 Å². The molecule has 7 heteroatoms. The molecule has 2 N–H and O–H groups in total. The van der Waals surface area contributed by atoms with Crippen LogP contribution in [0.25, 0.3) is 0 Å². The molecule has 0 aromatic carbocycles. The van der Waals surface area contributed by atoms with Crippen LogP contribution in [0.5, 0.6) is 0 Å². The van der Waals surface area contributed by atoms with Crippen LogP contribution < -0.4 is 11.2 Å². The molecule has 21 heavy (non-hydrogen) atoms. The van der Waals surface area contributed by atoms with Crippen LogP contribution in [0.2, 0.25) is 0 Å². The maximum absolute atomic E-state index is 11.9. The van der Waals surface area contributed by atoms with Crippen molar-refractivity contribution < 1.29 is 0 Å². The van der Waals surface area contributed by atoms with Crippen molar-refractivity contribution in [2.75, 3.05) is 0 Å². The molecule has 1 unspecified atom stereocenters. The largest absolute Gasteiger partial charge is 0.325 e. The van der Waals surface area contributed by atoms with Crippen LogP contribution in [-0.2, 0) is 0 Å². The second-order valence-electron chi connectivity index (χ2n) is 5.76. The topological polar surface area (TPSA) is 90.4 Å². The third kappa shape index (κ3) is 2.29. The summed E-state index contributed by atoms with van der Waals surface area (Å²) in [6, 6.07) is 0. The first kappa shape index (κ1) is 14.0. The number of nitrogens with zero attached hydrogens (tertiary/aromatic N) is 2. The van der Waals surface area contributed by atoms with Crippen molar-refractivity contribution in [2.24, 2.45) is 27.5 Å². The lowest BCUT2D eigenvalue weighted by Gasteiger charge is -2.30. The fourth-order valence-electron chi connectivity index (χ4n) is 2.94. The molecule has 3 atom stereocenters. The van der Waals surface area contributed by atoms with Crippen LogP contribution >= 0.6 is 11.6 Å². The number of hydrogen-bond acceptors (Lipinski definition) is 4. The molecule has 1 aromatic rings. The molecule has 1 aliphatic heterocycles. The van der Waals surface area contributed by atoms with Crippen LogP contribution in [0, 0.1) is 17.3 Å². The minimum atomic E-state index is -0.543. The van der Waals surface area contributed by atoms with Gasteiger partial charge >= 0.3 is 5.69 Å².